The third kappa shape index (κ3) is 6.88. The van der Waals surface area contributed by atoms with Crippen LogP contribution in [0.4, 0.5) is 0 Å². The van der Waals surface area contributed by atoms with Gasteiger partial charge in [0.2, 0.25) is 0 Å². The fraction of sp³-hybridized carbons (Fsp3) is 0.161. The van der Waals surface area contributed by atoms with E-state index in [4.69, 9.17) is 49.2 Å². The molecule has 1 aliphatic rings. The van der Waals surface area contributed by atoms with E-state index in [-0.39, 0.29) is 18.2 Å². The summed E-state index contributed by atoms with van der Waals surface area (Å²) in [5.41, 5.74) is 1.69. The fourth-order valence-electron chi connectivity index (χ4n) is 4.47. The summed E-state index contributed by atoms with van der Waals surface area (Å²) < 4.78 is 18.8. The molecule has 1 N–H and O–H groups in total. The molecule has 0 spiro atoms. The van der Waals surface area contributed by atoms with Gasteiger partial charge >= 0.3 is 5.97 Å². The summed E-state index contributed by atoms with van der Waals surface area (Å²) in [6, 6.07) is 26.0. The monoisotopic (exact) mass is 611 g/mol. The van der Waals surface area contributed by atoms with Crippen molar-refractivity contribution in [2.75, 3.05) is 13.2 Å². The molecule has 41 heavy (non-hydrogen) atoms. The summed E-state index contributed by atoms with van der Waals surface area (Å²) in [6.45, 7) is 0.350. The number of nitrogens with zero attached hydrogens (tertiary/aromatic N) is 1. The highest BCUT2D eigenvalue weighted by Crippen LogP contribution is 2.42. The zero-order valence-electron chi connectivity index (χ0n) is 21.5. The topological polar surface area (TPSA) is 85.3 Å². The van der Waals surface area contributed by atoms with E-state index in [1.54, 1.807) is 60.7 Å². The van der Waals surface area contributed by atoms with Crippen LogP contribution in [0.2, 0.25) is 10.0 Å². The fourth-order valence-corrected chi connectivity index (χ4v) is 5.08. The number of benzene rings is 4. The number of carboxylic acids is 1. The first-order valence-electron chi connectivity index (χ1n) is 12.7. The van der Waals surface area contributed by atoms with E-state index in [0.29, 0.717) is 45.6 Å². The maximum atomic E-state index is 13.2. The van der Waals surface area contributed by atoms with Crippen molar-refractivity contribution in [3.63, 3.8) is 0 Å². The van der Waals surface area contributed by atoms with Gasteiger partial charge in [-0.15, -0.1) is 0 Å². The number of carboxylic acid groups (broad SMARTS) is 1. The minimum atomic E-state index is -0.931. The van der Waals surface area contributed by atoms with E-state index in [1.165, 1.54) is 0 Å². The minimum Gasteiger partial charge on any atom is -0.493 e. The lowest BCUT2D eigenvalue weighted by atomic mass is 9.93. The Labute approximate surface area is 251 Å². The summed E-state index contributed by atoms with van der Waals surface area (Å²) in [4.78, 5) is 24.8. The first-order valence-corrected chi connectivity index (χ1v) is 13.8. The summed E-state index contributed by atoms with van der Waals surface area (Å²) >= 11 is 19.0. The molecule has 4 aromatic rings. The molecule has 210 valence electrons. The van der Waals surface area contributed by atoms with Crippen LogP contribution in [0.5, 0.6) is 23.0 Å². The smallest absolute Gasteiger partial charge is 0.311 e. The van der Waals surface area contributed by atoms with Crippen LogP contribution < -0.4 is 14.2 Å². The van der Waals surface area contributed by atoms with Crippen LogP contribution >= 0.6 is 35.0 Å². The zero-order chi connectivity index (χ0) is 28.9. The van der Waals surface area contributed by atoms with Crippen LogP contribution in [-0.4, -0.2) is 34.6 Å². The second-order valence-electron chi connectivity index (χ2n) is 9.30. The first kappa shape index (κ1) is 28.6. The Morgan fingerprint density at radius 2 is 1.71 bits per heavy atom. The number of rotatable bonds is 9. The molecule has 0 radical (unpaired) electrons. The van der Waals surface area contributed by atoms with Crippen molar-refractivity contribution in [3.8, 4) is 23.0 Å². The van der Waals surface area contributed by atoms with E-state index in [0.717, 1.165) is 9.98 Å². The summed E-state index contributed by atoms with van der Waals surface area (Å²) in [7, 11) is 0. The highest BCUT2D eigenvalue weighted by atomic mass is 35.5. The lowest BCUT2D eigenvalue weighted by Crippen LogP contribution is -2.29. The maximum Gasteiger partial charge on any atom is 0.311 e. The number of fused-ring (bicyclic) bond motifs is 1. The molecule has 0 fully saturated rings. The highest BCUT2D eigenvalue weighted by Gasteiger charge is 2.29. The molecule has 7 nitrogen and oxygen atoms in total. The predicted octanol–water partition coefficient (Wildman–Crippen LogP) is 8.15. The quantitative estimate of drug-likeness (QED) is 0.192. The molecule has 1 amide bonds. The Bertz CT molecular complexity index is 1550. The Balaban J connectivity index is 1.28. The van der Waals surface area contributed by atoms with Gasteiger partial charge in [-0.25, -0.2) is 4.42 Å². The lowest BCUT2D eigenvalue weighted by Gasteiger charge is -2.24. The second-order valence-corrected chi connectivity index (χ2v) is 10.6. The third-order valence-electron chi connectivity index (χ3n) is 6.52. The van der Waals surface area contributed by atoms with Gasteiger partial charge in [0.1, 0.15) is 29.1 Å². The largest absolute Gasteiger partial charge is 0.493 e. The predicted molar refractivity (Wildman–Crippen MR) is 157 cm³/mol. The van der Waals surface area contributed by atoms with Crippen molar-refractivity contribution in [1.82, 2.24) is 4.42 Å². The van der Waals surface area contributed by atoms with Gasteiger partial charge in [0.25, 0.3) is 5.91 Å². The molecule has 0 aliphatic carbocycles. The van der Waals surface area contributed by atoms with E-state index in [2.05, 4.69) is 0 Å². The Hall–Kier alpha value is -3.91. The number of aliphatic carboxylic acids is 1. The summed E-state index contributed by atoms with van der Waals surface area (Å²) in [6.07, 6.45) is -0.182. The molecule has 2 atom stereocenters. The zero-order valence-corrected chi connectivity index (χ0v) is 23.8. The van der Waals surface area contributed by atoms with Gasteiger partial charge in [-0.05, 0) is 60.5 Å². The molecule has 0 aromatic heterocycles. The van der Waals surface area contributed by atoms with Crippen molar-refractivity contribution < 1.29 is 28.9 Å². The molecule has 2 unspecified atom stereocenters. The van der Waals surface area contributed by atoms with Gasteiger partial charge in [-0.2, -0.15) is 0 Å². The molecule has 5 rings (SSSR count). The molecule has 4 aromatic carbocycles. The number of ether oxygens (including phenoxy) is 3. The van der Waals surface area contributed by atoms with Gasteiger partial charge in [0.05, 0.1) is 24.1 Å². The summed E-state index contributed by atoms with van der Waals surface area (Å²) in [5.74, 6) is -0.352. The van der Waals surface area contributed by atoms with Crippen molar-refractivity contribution in [1.29, 1.82) is 0 Å². The van der Waals surface area contributed by atoms with Crippen LogP contribution in [0, 0.1) is 0 Å². The van der Waals surface area contributed by atoms with Gasteiger partial charge in [-0.3, -0.25) is 9.59 Å². The molecular weight excluding hydrogens is 589 g/mol. The molecule has 1 heterocycles. The van der Waals surface area contributed by atoms with Gasteiger partial charge in [-0.1, -0.05) is 59.6 Å². The standard InChI is InChI=1S/C31H24Cl3NO6/c32-21-7-4-8-23(15-21)41-29(19-5-2-1-3-6-19)18-35(34)30(36)20-9-11-22(12-10-20)40-28-17-27-25(16-26(28)33)24(31(37)38)13-14-39-27/h1-12,15-17,24,29H,13-14,18H2,(H,37,38). The lowest BCUT2D eigenvalue weighted by molar-refractivity contribution is -0.139. The first-order chi connectivity index (χ1) is 19.8. The molecule has 0 saturated heterocycles. The Morgan fingerprint density at radius 3 is 2.41 bits per heavy atom. The normalized spacial score (nSPS) is 14.8. The van der Waals surface area contributed by atoms with Crippen molar-refractivity contribution in [2.45, 2.75) is 18.4 Å². The molecular formula is C31H24Cl3NO6. The number of halogens is 3. The van der Waals surface area contributed by atoms with Crippen molar-refractivity contribution >= 4 is 46.9 Å². The van der Waals surface area contributed by atoms with E-state index < -0.39 is 23.9 Å². The average Bonchev–Trinajstić information content (AvgIpc) is 2.97. The number of hydrogen-bond donors (Lipinski definition) is 1. The number of hydrogen-bond acceptors (Lipinski definition) is 5. The van der Waals surface area contributed by atoms with Gasteiger partial charge in [0, 0.05) is 34.0 Å². The van der Waals surface area contributed by atoms with E-state index >= 15 is 0 Å². The van der Waals surface area contributed by atoms with Crippen LogP contribution in [0.1, 0.15) is 39.9 Å². The van der Waals surface area contributed by atoms with Crippen molar-refractivity contribution in [2.24, 2.45) is 0 Å². The second kappa shape index (κ2) is 12.7. The molecule has 0 saturated carbocycles. The summed E-state index contributed by atoms with van der Waals surface area (Å²) in [5, 5.41) is 10.3. The third-order valence-corrected chi connectivity index (χ3v) is 7.35. The number of amides is 1. The SMILES string of the molecule is O=C(O)C1CCOc2cc(Oc3ccc(C(=O)N(Cl)CC(Oc4cccc(Cl)c4)c4ccccc4)cc3)c(Cl)cc21. The maximum absolute atomic E-state index is 13.2. The van der Waals surface area contributed by atoms with Crippen LogP contribution in [0.3, 0.4) is 0 Å². The van der Waals surface area contributed by atoms with Gasteiger partial charge < -0.3 is 19.3 Å². The van der Waals surface area contributed by atoms with E-state index in [9.17, 15) is 14.7 Å². The average molecular weight is 613 g/mol. The molecule has 10 heteroatoms. The molecule has 1 aliphatic heterocycles. The van der Waals surface area contributed by atoms with Gasteiger partial charge in [0.15, 0.2) is 0 Å². The van der Waals surface area contributed by atoms with Crippen molar-refractivity contribution in [3.05, 3.63) is 118 Å². The minimum absolute atomic E-state index is 0.0667. The van der Waals surface area contributed by atoms with E-state index in [1.807, 2.05) is 30.3 Å². The van der Waals surface area contributed by atoms with Crippen LogP contribution in [0.25, 0.3) is 0 Å². The Kier molecular flexibility index (Phi) is 8.88. The van der Waals surface area contributed by atoms with Crippen LogP contribution in [0.15, 0.2) is 91.0 Å². The number of carbonyl (C=O) groups is 2. The molecule has 0 bridgehead atoms. The Morgan fingerprint density at radius 1 is 0.951 bits per heavy atom. The van der Waals surface area contributed by atoms with Crippen LogP contribution in [-0.2, 0) is 4.79 Å². The number of carbonyl (C=O) groups excluding carboxylic acids is 1. The highest BCUT2D eigenvalue weighted by molar-refractivity contribution is 6.32.